The minimum atomic E-state index is -0.249. The van der Waals surface area contributed by atoms with Crippen molar-refractivity contribution in [2.75, 3.05) is 16.8 Å². The van der Waals surface area contributed by atoms with Crippen LogP contribution in [0.25, 0.3) is 0 Å². The number of anilines is 2. The number of benzene rings is 2. The second kappa shape index (κ2) is 6.52. The Balaban J connectivity index is 1.43. The molecule has 1 heterocycles. The molecule has 2 aliphatic rings. The van der Waals surface area contributed by atoms with E-state index in [1.165, 1.54) is 5.56 Å². The molecule has 25 heavy (non-hydrogen) atoms. The molecule has 2 aromatic carbocycles. The van der Waals surface area contributed by atoms with Crippen molar-refractivity contribution in [1.29, 1.82) is 0 Å². The molecule has 0 radical (unpaired) electrons. The smallest absolute Gasteiger partial charge is 0.230 e. The summed E-state index contributed by atoms with van der Waals surface area (Å²) in [6.07, 6.45) is 2.59. The predicted molar refractivity (Wildman–Crippen MR) is 98.8 cm³/mol. The molecule has 0 bridgehead atoms. The van der Waals surface area contributed by atoms with E-state index in [1.807, 2.05) is 23.1 Å². The van der Waals surface area contributed by atoms with E-state index in [0.29, 0.717) is 17.1 Å². The molecule has 2 aromatic rings. The van der Waals surface area contributed by atoms with Crippen LogP contribution in [0.15, 0.2) is 48.5 Å². The minimum Gasteiger partial charge on any atom is -0.326 e. The predicted octanol–water partition coefficient (Wildman–Crippen LogP) is 3.89. The summed E-state index contributed by atoms with van der Waals surface area (Å²) in [5.74, 6) is -0.504. The number of nitrogens with zero attached hydrogens (tertiary/aromatic N) is 1. The molecule has 2 unspecified atom stereocenters. The van der Waals surface area contributed by atoms with E-state index >= 15 is 0 Å². The first kappa shape index (κ1) is 16.2. The molecule has 1 aliphatic heterocycles. The SMILES string of the molecule is O=C(Nc1cccc(Cl)c1)C1CC1C(=O)N1CCCc2ccccc21. The molecular formula is C20H19ClN2O2. The van der Waals surface area contributed by atoms with Gasteiger partial charge in [-0.25, -0.2) is 0 Å². The summed E-state index contributed by atoms with van der Waals surface area (Å²) < 4.78 is 0. The highest BCUT2D eigenvalue weighted by Gasteiger charge is 2.50. The van der Waals surface area contributed by atoms with Gasteiger partial charge >= 0.3 is 0 Å². The Hall–Kier alpha value is -2.33. The highest BCUT2D eigenvalue weighted by atomic mass is 35.5. The summed E-state index contributed by atoms with van der Waals surface area (Å²) >= 11 is 5.94. The monoisotopic (exact) mass is 354 g/mol. The quantitative estimate of drug-likeness (QED) is 0.908. The van der Waals surface area contributed by atoms with Crippen molar-refractivity contribution in [3.8, 4) is 0 Å². The van der Waals surface area contributed by atoms with E-state index < -0.39 is 0 Å². The third-order valence-corrected chi connectivity index (χ3v) is 5.15. The van der Waals surface area contributed by atoms with Crippen molar-refractivity contribution >= 4 is 34.8 Å². The Kier molecular flexibility index (Phi) is 4.22. The molecule has 128 valence electrons. The molecule has 1 fully saturated rings. The van der Waals surface area contributed by atoms with Crippen LogP contribution in [-0.4, -0.2) is 18.4 Å². The van der Waals surface area contributed by atoms with Gasteiger partial charge in [0, 0.05) is 22.9 Å². The van der Waals surface area contributed by atoms with Gasteiger partial charge in [0.1, 0.15) is 0 Å². The molecule has 0 saturated heterocycles. The van der Waals surface area contributed by atoms with Crippen LogP contribution in [0.3, 0.4) is 0 Å². The van der Waals surface area contributed by atoms with Crippen LogP contribution in [0.2, 0.25) is 5.02 Å². The van der Waals surface area contributed by atoms with Crippen LogP contribution in [0.5, 0.6) is 0 Å². The van der Waals surface area contributed by atoms with Gasteiger partial charge in [0.15, 0.2) is 0 Å². The molecule has 5 heteroatoms. The van der Waals surface area contributed by atoms with Crippen molar-refractivity contribution in [2.45, 2.75) is 19.3 Å². The van der Waals surface area contributed by atoms with Gasteiger partial charge in [-0.1, -0.05) is 35.9 Å². The molecule has 1 N–H and O–H groups in total. The molecule has 4 nitrogen and oxygen atoms in total. The van der Waals surface area contributed by atoms with E-state index in [0.717, 1.165) is 25.1 Å². The van der Waals surface area contributed by atoms with Crippen LogP contribution in [0, 0.1) is 11.8 Å². The number of halogens is 1. The number of amides is 2. The Morgan fingerprint density at radius 3 is 2.76 bits per heavy atom. The summed E-state index contributed by atoms with van der Waals surface area (Å²) in [5.41, 5.74) is 2.88. The molecule has 4 rings (SSSR count). The summed E-state index contributed by atoms with van der Waals surface area (Å²) in [6, 6.07) is 15.1. The van der Waals surface area contributed by atoms with Crippen molar-refractivity contribution in [3.05, 3.63) is 59.1 Å². The van der Waals surface area contributed by atoms with Gasteiger partial charge in [-0.15, -0.1) is 0 Å². The summed E-state index contributed by atoms with van der Waals surface area (Å²) in [6.45, 7) is 0.731. The fourth-order valence-electron chi connectivity index (χ4n) is 3.52. The van der Waals surface area contributed by atoms with Gasteiger partial charge in [-0.05, 0) is 49.1 Å². The molecule has 1 saturated carbocycles. The van der Waals surface area contributed by atoms with Gasteiger partial charge < -0.3 is 10.2 Å². The average Bonchev–Trinajstić information content (AvgIpc) is 3.41. The summed E-state index contributed by atoms with van der Waals surface area (Å²) in [5, 5.41) is 3.43. The van der Waals surface area contributed by atoms with Crippen LogP contribution < -0.4 is 10.2 Å². The zero-order valence-corrected chi connectivity index (χ0v) is 14.5. The number of carbonyl (C=O) groups excluding carboxylic acids is 2. The third kappa shape index (κ3) is 3.27. The van der Waals surface area contributed by atoms with E-state index in [2.05, 4.69) is 11.4 Å². The lowest BCUT2D eigenvalue weighted by Crippen LogP contribution is -2.37. The van der Waals surface area contributed by atoms with Gasteiger partial charge in [0.2, 0.25) is 11.8 Å². The normalized spacial score (nSPS) is 21.4. The largest absolute Gasteiger partial charge is 0.326 e. The van der Waals surface area contributed by atoms with Crippen molar-refractivity contribution in [1.82, 2.24) is 0 Å². The zero-order valence-electron chi connectivity index (χ0n) is 13.7. The molecule has 1 aliphatic carbocycles. The Morgan fingerprint density at radius 1 is 1.08 bits per heavy atom. The first-order chi connectivity index (χ1) is 12.1. The maximum Gasteiger partial charge on any atom is 0.230 e. The number of hydrogen-bond acceptors (Lipinski definition) is 2. The lowest BCUT2D eigenvalue weighted by atomic mass is 10.0. The molecule has 0 aromatic heterocycles. The lowest BCUT2D eigenvalue weighted by molar-refractivity contribution is -0.123. The standard InChI is InChI=1S/C20H19ClN2O2/c21-14-7-3-8-15(11-14)22-19(24)16-12-17(16)20(25)23-10-4-6-13-5-1-2-9-18(13)23/h1-3,5,7-9,11,16-17H,4,6,10,12H2,(H,22,24). The van der Waals surface area contributed by atoms with E-state index in [4.69, 9.17) is 11.6 Å². The van der Waals surface area contributed by atoms with Crippen molar-refractivity contribution in [2.24, 2.45) is 11.8 Å². The number of hydrogen-bond donors (Lipinski definition) is 1. The highest BCUT2D eigenvalue weighted by molar-refractivity contribution is 6.30. The zero-order chi connectivity index (χ0) is 17.4. The van der Waals surface area contributed by atoms with Gasteiger partial charge in [0.25, 0.3) is 0 Å². The Labute approximate surface area is 151 Å². The van der Waals surface area contributed by atoms with E-state index in [9.17, 15) is 9.59 Å². The maximum absolute atomic E-state index is 12.9. The third-order valence-electron chi connectivity index (χ3n) is 4.91. The van der Waals surface area contributed by atoms with E-state index in [-0.39, 0.29) is 23.7 Å². The summed E-state index contributed by atoms with van der Waals surface area (Å²) in [4.78, 5) is 27.1. The van der Waals surface area contributed by atoms with Crippen LogP contribution in [0.1, 0.15) is 18.4 Å². The first-order valence-electron chi connectivity index (χ1n) is 8.59. The molecule has 0 spiro atoms. The fourth-order valence-corrected chi connectivity index (χ4v) is 3.71. The Bertz CT molecular complexity index is 836. The number of carbonyl (C=O) groups is 2. The van der Waals surface area contributed by atoms with Gasteiger partial charge in [0.05, 0.1) is 11.8 Å². The van der Waals surface area contributed by atoms with Gasteiger partial charge in [-0.3, -0.25) is 9.59 Å². The number of para-hydroxylation sites is 1. The first-order valence-corrected chi connectivity index (χ1v) is 8.97. The second-order valence-corrected chi connectivity index (χ2v) is 7.11. The molecular weight excluding hydrogens is 336 g/mol. The fraction of sp³-hybridized carbons (Fsp3) is 0.300. The maximum atomic E-state index is 12.9. The van der Waals surface area contributed by atoms with Crippen molar-refractivity contribution in [3.63, 3.8) is 0 Å². The highest BCUT2D eigenvalue weighted by Crippen LogP contribution is 2.42. The molecule has 2 atom stereocenters. The van der Waals surface area contributed by atoms with Gasteiger partial charge in [-0.2, -0.15) is 0 Å². The van der Waals surface area contributed by atoms with Crippen LogP contribution >= 0.6 is 11.6 Å². The number of aryl methyl sites for hydroxylation is 1. The molecule has 2 amide bonds. The second-order valence-electron chi connectivity index (χ2n) is 6.67. The summed E-state index contributed by atoms with van der Waals surface area (Å²) in [7, 11) is 0. The minimum absolute atomic E-state index is 0.0680. The average molecular weight is 355 g/mol. The number of fused-ring (bicyclic) bond motifs is 1. The lowest BCUT2D eigenvalue weighted by Gasteiger charge is -2.29. The van der Waals surface area contributed by atoms with E-state index in [1.54, 1.807) is 24.3 Å². The number of rotatable bonds is 3. The topological polar surface area (TPSA) is 49.4 Å². The van der Waals surface area contributed by atoms with Crippen LogP contribution in [-0.2, 0) is 16.0 Å². The Morgan fingerprint density at radius 2 is 1.92 bits per heavy atom. The number of nitrogens with one attached hydrogen (secondary N) is 1. The van der Waals surface area contributed by atoms with Crippen molar-refractivity contribution < 1.29 is 9.59 Å². The van der Waals surface area contributed by atoms with Crippen LogP contribution in [0.4, 0.5) is 11.4 Å².